The SMILES string of the molecule is O=C(c1ccccc1-c1ncc[nH]1)c1ccccc1-c1ncc[nH]1. The minimum absolute atomic E-state index is 0.0611. The smallest absolute Gasteiger partial charge is 0.194 e. The van der Waals surface area contributed by atoms with Crippen molar-refractivity contribution in [2.24, 2.45) is 0 Å². The van der Waals surface area contributed by atoms with Crippen LogP contribution in [0.5, 0.6) is 0 Å². The third-order valence-electron chi connectivity index (χ3n) is 3.85. The average Bonchev–Trinajstić information content (AvgIpc) is 3.35. The number of carbonyl (C=O) groups is 1. The fraction of sp³-hybridized carbons (Fsp3) is 0. The number of H-pyrrole nitrogens is 2. The van der Waals surface area contributed by atoms with Crippen molar-refractivity contribution in [2.45, 2.75) is 0 Å². The van der Waals surface area contributed by atoms with Crippen LogP contribution in [0.15, 0.2) is 73.3 Å². The van der Waals surface area contributed by atoms with Gasteiger partial charge in [0.05, 0.1) is 0 Å². The molecule has 0 saturated carbocycles. The molecule has 0 aliphatic heterocycles. The minimum atomic E-state index is -0.0611. The van der Waals surface area contributed by atoms with Crippen LogP contribution in [0.4, 0.5) is 0 Å². The molecule has 24 heavy (non-hydrogen) atoms. The summed E-state index contributed by atoms with van der Waals surface area (Å²) in [6.45, 7) is 0. The lowest BCUT2D eigenvalue weighted by Crippen LogP contribution is -2.06. The molecule has 5 nitrogen and oxygen atoms in total. The number of ketones is 1. The van der Waals surface area contributed by atoms with Crippen LogP contribution in [0.3, 0.4) is 0 Å². The summed E-state index contributed by atoms with van der Waals surface area (Å²) in [5.41, 5.74) is 2.77. The van der Waals surface area contributed by atoms with Gasteiger partial charge in [-0.05, 0) is 0 Å². The van der Waals surface area contributed by atoms with Crippen LogP contribution in [0.1, 0.15) is 15.9 Å². The third kappa shape index (κ3) is 2.42. The summed E-state index contributed by atoms with van der Waals surface area (Å²) in [6.07, 6.45) is 6.83. The van der Waals surface area contributed by atoms with E-state index < -0.39 is 0 Å². The van der Waals surface area contributed by atoms with Crippen molar-refractivity contribution >= 4 is 5.78 Å². The van der Waals surface area contributed by atoms with Crippen molar-refractivity contribution in [3.63, 3.8) is 0 Å². The van der Waals surface area contributed by atoms with E-state index in [0.717, 1.165) is 11.1 Å². The Hall–Kier alpha value is -3.47. The van der Waals surface area contributed by atoms with Gasteiger partial charge in [0, 0.05) is 47.0 Å². The maximum absolute atomic E-state index is 13.2. The highest BCUT2D eigenvalue weighted by atomic mass is 16.1. The Morgan fingerprint density at radius 2 is 1.17 bits per heavy atom. The van der Waals surface area contributed by atoms with Gasteiger partial charge in [-0.15, -0.1) is 0 Å². The van der Waals surface area contributed by atoms with Gasteiger partial charge in [-0.2, -0.15) is 0 Å². The number of nitrogens with zero attached hydrogens (tertiary/aromatic N) is 2. The number of rotatable bonds is 4. The summed E-state index contributed by atoms with van der Waals surface area (Å²) in [7, 11) is 0. The normalized spacial score (nSPS) is 10.7. The second kappa shape index (κ2) is 5.96. The van der Waals surface area contributed by atoms with Gasteiger partial charge >= 0.3 is 0 Å². The van der Waals surface area contributed by atoms with Crippen molar-refractivity contribution in [1.29, 1.82) is 0 Å². The van der Waals surface area contributed by atoms with E-state index in [4.69, 9.17) is 0 Å². The molecule has 2 aromatic heterocycles. The molecule has 5 heteroatoms. The lowest BCUT2D eigenvalue weighted by Gasteiger charge is -2.10. The van der Waals surface area contributed by atoms with E-state index in [0.29, 0.717) is 22.8 Å². The van der Waals surface area contributed by atoms with Crippen LogP contribution >= 0.6 is 0 Å². The van der Waals surface area contributed by atoms with Crippen molar-refractivity contribution < 1.29 is 4.79 Å². The summed E-state index contributed by atoms with van der Waals surface area (Å²) in [5.74, 6) is 1.29. The molecule has 0 aliphatic rings. The predicted octanol–water partition coefficient (Wildman–Crippen LogP) is 3.70. The van der Waals surface area contributed by atoms with Crippen LogP contribution < -0.4 is 0 Å². The molecule has 0 saturated heterocycles. The first-order chi connectivity index (χ1) is 11.8. The number of benzene rings is 2. The molecular weight excluding hydrogens is 300 g/mol. The number of aromatic nitrogens is 4. The number of hydrogen-bond donors (Lipinski definition) is 2. The summed E-state index contributed by atoms with van der Waals surface area (Å²) >= 11 is 0. The van der Waals surface area contributed by atoms with Gasteiger partial charge in [0.2, 0.25) is 0 Å². The van der Waals surface area contributed by atoms with E-state index in [-0.39, 0.29) is 5.78 Å². The molecule has 2 heterocycles. The zero-order valence-corrected chi connectivity index (χ0v) is 12.7. The van der Waals surface area contributed by atoms with E-state index in [1.54, 1.807) is 24.8 Å². The first kappa shape index (κ1) is 14.1. The summed E-state index contributed by atoms with van der Waals surface area (Å²) in [4.78, 5) is 27.9. The second-order valence-electron chi connectivity index (χ2n) is 5.30. The van der Waals surface area contributed by atoms with E-state index in [2.05, 4.69) is 19.9 Å². The van der Waals surface area contributed by atoms with Gasteiger partial charge in [0.1, 0.15) is 11.6 Å². The zero-order chi connectivity index (χ0) is 16.4. The quantitative estimate of drug-likeness (QED) is 0.564. The Kier molecular flexibility index (Phi) is 3.51. The lowest BCUT2D eigenvalue weighted by molar-refractivity contribution is 0.104. The highest BCUT2D eigenvalue weighted by molar-refractivity contribution is 6.15. The van der Waals surface area contributed by atoms with Crippen LogP contribution in [-0.4, -0.2) is 25.7 Å². The highest BCUT2D eigenvalue weighted by Gasteiger charge is 2.19. The summed E-state index contributed by atoms with van der Waals surface area (Å²) in [6, 6.07) is 14.9. The molecule has 0 unspecified atom stereocenters. The Morgan fingerprint density at radius 3 is 1.58 bits per heavy atom. The third-order valence-corrected chi connectivity index (χ3v) is 3.85. The molecule has 4 rings (SSSR count). The largest absolute Gasteiger partial charge is 0.345 e. The van der Waals surface area contributed by atoms with E-state index >= 15 is 0 Å². The van der Waals surface area contributed by atoms with E-state index in [1.807, 2.05) is 48.5 Å². The van der Waals surface area contributed by atoms with Gasteiger partial charge in [-0.3, -0.25) is 4.79 Å². The van der Waals surface area contributed by atoms with Gasteiger partial charge in [-0.1, -0.05) is 48.5 Å². The molecule has 0 amide bonds. The molecule has 0 aliphatic carbocycles. The molecule has 0 spiro atoms. The van der Waals surface area contributed by atoms with Gasteiger partial charge in [-0.25, -0.2) is 9.97 Å². The number of carbonyl (C=O) groups excluding carboxylic acids is 1. The molecule has 0 atom stereocenters. The summed E-state index contributed by atoms with van der Waals surface area (Å²) in [5, 5.41) is 0. The van der Waals surface area contributed by atoms with Crippen LogP contribution in [0, 0.1) is 0 Å². The van der Waals surface area contributed by atoms with Crippen molar-refractivity contribution in [2.75, 3.05) is 0 Å². The van der Waals surface area contributed by atoms with Gasteiger partial charge in [0.25, 0.3) is 0 Å². The molecule has 116 valence electrons. The maximum Gasteiger partial charge on any atom is 0.194 e. The molecule has 2 N–H and O–H groups in total. The zero-order valence-electron chi connectivity index (χ0n) is 12.7. The molecule has 0 radical (unpaired) electrons. The Labute approximate surface area is 138 Å². The predicted molar refractivity (Wildman–Crippen MR) is 91.5 cm³/mol. The van der Waals surface area contributed by atoms with E-state index in [1.165, 1.54) is 0 Å². The standard InChI is InChI=1S/C19H14N4O/c24-17(13-5-1-3-7-15(13)18-20-9-10-21-18)14-6-2-4-8-16(14)19-22-11-12-23-19/h1-12H,(H,20,21)(H,22,23). The monoisotopic (exact) mass is 314 g/mol. The second-order valence-corrected chi connectivity index (χ2v) is 5.30. The summed E-state index contributed by atoms with van der Waals surface area (Å²) < 4.78 is 0. The highest BCUT2D eigenvalue weighted by Crippen LogP contribution is 2.27. The Morgan fingerprint density at radius 1 is 0.708 bits per heavy atom. The maximum atomic E-state index is 13.2. The fourth-order valence-corrected chi connectivity index (χ4v) is 2.75. The molecule has 0 fully saturated rings. The fourth-order valence-electron chi connectivity index (χ4n) is 2.75. The van der Waals surface area contributed by atoms with Crippen molar-refractivity contribution in [1.82, 2.24) is 19.9 Å². The lowest BCUT2D eigenvalue weighted by atomic mass is 9.94. The topological polar surface area (TPSA) is 74.4 Å². The number of aromatic amines is 2. The van der Waals surface area contributed by atoms with Gasteiger partial charge in [0.15, 0.2) is 5.78 Å². The molecule has 2 aromatic carbocycles. The first-order valence-corrected chi connectivity index (χ1v) is 7.57. The van der Waals surface area contributed by atoms with Crippen molar-refractivity contribution in [3.05, 3.63) is 84.4 Å². The molecule has 0 bridgehead atoms. The van der Waals surface area contributed by atoms with Crippen LogP contribution in [0.2, 0.25) is 0 Å². The number of imidazole rings is 2. The van der Waals surface area contributed by atoms with Crippen molar-refractivity contribution in [3.8, 4) is 22.8 Å². The van der Waals surface area contributed by atoms with Crippen LogP contribution in [0.25, 0.3) is 22.8 Å². The van der Waals surface area contributed by atoms with Gasteiger partial charge < -0.3 is 9.97 Å². The molecule has 4 aromatic rings. The first-order valence-electron chi connectivity index (χ1n) is 7.57. The minimum Gasteiger partial charge on any atom is -0.345 e. The number of hydrogen-bond acceptors (Lipinski definition) is 3. The Balaban J connectivity index is 1.85. The van der Waals surface area contributed by atoms with E-state index in [9.17, 15) is 4.79 Å². The molecular formula is C19H14N4O. The average molecular weight is 314 g/mol. The Bertz CT molecular complexity index is 893. The van der Waals surface area contributed by atoms with Crippen LogP contribution in [-0.2, 0) is 0 Å². The number of nitrogens with one attached hydrogen (secondary N) is 2.